The molecule has 0 radical (unpaired) electrons. The van der Waals surface area contributed by atoms with Crippen LogP contribution in [0.2, 0.25) is 5.02 Å². The molecule has 3 aliphatic rings. The Bertz CT molecular complexity index is 1400. The van der Waals surface area contributed by atoms with Gasteiger partial charge in [0.05, 0.1) is 4.91 Å². The van der Waals surface area contributed by atoms with Gasteiger partial charge < -0.3 is 9.80 Å². The summed E-state index contributed by atoms with van der Waals surface area (Å²) in [7, 11) is 0. The number of benzene rings is 3. The van der Waals surface area contributed by atoms with Gasteiger partial charge in [0, 0.05) is 61.1 Å². The molecule has 1 saturated carbocycles. The highest BCUT2D eigenvalue weighted by atomic mass is 35.5. The van der Waals surface area contributed by atoms with Gasteiger partial charge in [-0.2, -0.15) is 0 Å². The van der Waals surface area contributed by atoms with Crippen molar-refractivity contribution in [2.45, 2.75) is 50.1 Å². The Morgan fingerprint density at radius 3 is 2.34 bits per heavy atom. The second-order valence-corrected chi connectivity index (χ2v) is 13.0. The molecule has 0 aromatic heterocycles. The third-order valence-electron chi connectivity index (χ3n) is 8.42. The van der Waals surface area contributed by atoms with Crippen LogP contribution in [0.5, 0.6) is 0 Å². The molecule has 5 nitrogen and oxygen atoms in total. The average Bonchev–Trinajstić information content (AvgIpc) is 3.00. The third-order valence-corrected chi connectivity index (χ3v) is 10.1. The number of fused-ring (bicyclic) bond motifs is 1. The lowest BCUT2D eigenvalue weighted by Gasteiger charge is -2.44. The molecular formula is C34H36ClN3O2S. The van der Waals surface area contributed by atoms with Gasteiger partial charge >= 0.3 is 0 Å². The Balaban J connectivity index is 1.11. The minimum atomic E-state index is 0.0735. The zero-order chi connectivity index (χ0) is 28.2. The number of carbonyl (C=O) groups is 2. The first kappa shape index (κ1) is 28.1. The molecule has 2 amide bonds. The van der Waals surface area contributed by atoms with Gasteiger partial charge in [-0.25, -0.2) is 0 Å². The van der Waals surface area contributed by atoms with Crippen molar-refractivity contribution in [2.24, 2.45) is 0 Å². The second kappa shape index (κ2) is 12.8. The number of halogens is 1. The molecule has 0 spiro atoms. The van der Waals surface area contributed by atoms with E-state index in [2.05, 4.69) is 34.1 Å². The number of thioether (sulfide) groups is 1. The Hall–Kier alpha value is -3.06. The van der Waals surface area contributed by atoms with Gasteiger partial charge in [0.1, 0.15) is 0 Å². The molecule has 0 N–H and O–H groups in total. The van der Waals surface area contributed by atoms with Crippen LogP contribution in [0.1, 0.15) is 52.7 Å². The van der Waals surface area contributed by atoms with Gasteiger partial charge in [0.2, 0.25) is 0 Å². The lowest BCUT2D eigenvalue weighted by Crippen LogP contribution is -2.50. The summed E-state index contributed by atoms with van der Waals surface area (Å²) in [6, 6.07) is 26.3. The van der Waals surface area contributed by atoms with E-state index >= 15 is 0 Å². The van der Waals surface area contributed by atoms with Crippen LogP contribution in [0.4, 0.5) is 0 Å². The van der Waals surface area contributed by atoms with Crippen molar-refractivity contribution >= 4 is 41.3 Å². The molecule has 212 valence electrons. The fourth-order valence-electron chi connectivity index (χ4n) is 6.20. The molecule has 3 aromatic rings. The van der Waals surface area contributed by atoms with Crippen LogP contribution in [0, 0.1) is 0 Å². The molecule has 1 aliphatic carbocycles. The predicted octanol–water partition coefficient (Wildman–Crippen LogP) is 6.73. The monoisotopic (exact) mass is 585 g/mol. The second-order valence-electron chi connectivity index (χ2n) is 11.3. The normalized spacial score (nSPS) is 22.6. The summed E-state index contributed by atoms with van der Waals surface area (Å²) in [5.74, 6) is 0.163. The molecule has 2 unspecified atom stereocenters. The molecule has 0 bridgehead atoms. The number of amides is 2. The van der Waals surface area contributed by atoms with E-state index < -0.39 is 0 Å². The number of carbonyl (C=O) groups excluding carboxylic acids is 2. The van der Waals surface area contributed by atoms with E-state index in [9.17, 15) is 9.59 Å². The van der Waals surface area contributed by atoms with Gasteiger partial charge in [0.25, 0.3) is 11.8 Å². The van der Waals surface area contributed by atoms with Crippen LogP contribution in [0.25, 0.3) is 6.08 Å². The maximum absolute atomic E-state index is 13.7. The van der Waals surface area contributed by atoms with Crippen LogP contribution < -0.4 is 0 Å². The van der Waals surface area contributed by atoms with E-state index in [1.54, 1.807) is 11.8 Å². The first-order chi connectivity index (χ1) is 20.0. The number of nitrogens with zero attached hydrogens (tertiary/aromatic N) is 3. The highest BCUT2D eigenvalue weighted by Gasteiger charge is 2.40. The molecular weight excluding hydrogens is 550 g/mol. The Kier molecular flexibility index (Phi) is 8.80. The van der Waals surface area contributed by atoms with Gasteiger partial charge in [-0.15, -0.1) is 11.8 Å². The van der Waals surface area contributed by atoms with Gasteiger partial charge in [0.15, 0.2) is 0 Å². The molecule has 2 atom stereocenters. The maximum Gasteiger partial charge on any atom is 0.260 e. The molecule has 7 heteroatoms. The predicted molar refractivity (Wildman–Crippen MR) is 168 cm³/mol. The lowest BCUT2D eigenvalue weighted by atomic mass is 9.92. The van der Waals surface area contributed by atoms with Gasteiger partial charge in [-0.1, -0.05) is 79.0 Å². The topological polar surface area (TPSA) is 43.9 Å². The van der Waals surface area contributed by atoms with E-state index in [1.807, 2.05) is 65.6 Å². The third kappa shape index (κ3) is 6.72. The van der Waals surface area contributed by atoms with Crippen LogP contribution in [-0.2, 0) is 17.9 Å². The fourth-order valence-corrected chi connectivity index (χ4v) is 7.89. The Labute approximate surface area is 252 Å². The van der Waals surface area contributed by atoms with Crippen LogP contribution >= 0.6 is 23.4 Å². The highest BCUT2D eigenvalue weighted by Crippen LogP contribution is 2.42. The summed E-state index contributed by atoms with van der Waals surface area (Å²) in [5.41, 5.74) is 4.01. The van der Waals surface area contributed by atoms with E-state index in [1.165, 1.54) is 12.0 Å². The van der Waals surface area contributed by atoms with E-state index in [4.69, 9.17) is 11.6 Å². The first-order valence-corrected chi connectivity index (χ1v) is 15.9. The summed E-state index contributed by atoms with van der Waals surface area (Å²) >= 11 is 7.98. The van der Waals surface area contributed by atoms with Crippen molar-refractivity contribution in [2.75, 3.05) is 26.2 Å². The minimum Gasteiger partial charge on any atom is -0.336 e. The van der Waals surface area contributed by atoms with Crippen LogP contribution in [-0.4, -0.2) is 64.0 Å². The van der Waals surface area contributed by atoms with Crippen molar-refractivity contribution in [1.29, 1.82) is 0 Å². The summed E-state index contributed by atoms with van der Waals surface area (Å²) < 4.78 is 0. The smallest absolute Gasteiger partial charge is 0.260 e. The average molecular weight is 586 g/mol. The van der Waals surface area contributed by atoms with E-state index in [0.29, 0.717) is 22.4 Å². The molecule has 2 heterocycles. The summed E-state index contributed by atoms with van der Waals surface area (Å²) in [5, 5.41) is 1.11. The quantitative estimate of drug-likeness (QED) is 0.301. The molecule has 3 aromatic carbocycles. The number of hydrogen-bond acceptors (Lipinski definition) is 4. The lowest BCUT2D eigenvalue weighted by molar-refractivity contribution is -0.130. The molecule has 41 heavy (non-hydrogen) atoms. The van der Waals surface area contributed by atoms with Crippen molar-refractivity contribution in [3.63, 3.8) is 0 Å². The molecule has 2 saturated heterocycles. The molecule has 6 rings (SSSR count). The van der Waals surface area contributed by atoms with Crippen molar-refractivity contribution in [3.8, 4) is 0 Å². The number of hydrogen-bond donors (Lipinski definition) is 0. The van der Waals surface area contributed by atoms with Crippen molar-refractivity contribution in [3.05, 3.63) is 111 Å². The first-order valence-electron chi connectivity index (χ1n) is 14.6. The van der Waals surface area contributed by atoms with Gasteiger partial charge in [-0.05, 0) is 59.9 Å². The largest absolute Gasteiger partial charge is 0.336 e. The minimum absolute atomic E-state index is 0.0735. The van der Waals surface area contributed by atoms with Crippen LogP contribution in [0.15, 0.2) is 83.8 Å². The summed E-state index contributed by atoms with van der Waals surface area (Å²) in [4.78, 5) is 34.2. The Morgan fingerprint density at radius 2 is 1.59 bits per heavy atom. The van der Waals surface area contributed by atoms with E-state index in [0.717, 1.165) is 68.0 Å². The molecule has 2 aliphatic heterocycles. The van der Waals surface area contributed by atoms with Gasteiger partial charge in [-0.3, -0.25) is 14.5 Å². The fraction of sp³-hybridized carbons (Fsp3) is 0.353. The van der Waals surface area contributed by atoms with Crippen LogP contribution in [0.3, 0.4) is 0 Å². The maximum atomic E-state index is 13.7. The molecule has 3 fully saturated rings. The number of rotatable bonds is 6. The zero-order valence-electron chi connectivity index (χ0n) is 23.3. The zero-order valence-corrected chi connectivity index (χ0v) is 24.8. The summed E-state index contributed by atoms with van der Waals surface area (Å²) in [6.45, 7) is 4.70. The van der Waals surface area contributed by atoms with Crippen molar-refractivity contribution in [1.82, 2.24) is 14.7 Å². The Morgan fingerprint density at radius 1 is 0.854 bits per heavy atom. The number of piperazine rings is 1. The van der Waals surface area contributed by atoms with E-state index in [-0.39, 0.29) is 17.9 Å². The van der Waals surface area contributed by atoms with Crippen molar-refractivity contribution < 1.29 is 9.59 Å². The summed E-state index contributed by atoms with van der Waals surface area (Å²) in [6.07, 6.45) is 6.54. The standard InChI is InChI=1S/C34H36ClN3O2S/c35-29-10-6-9-27(21-29)24-38-30-11-4-5-12-31(30)41-32(34(38)40)22-25-13-15-28(16-14-25)33(39)37-19-17-36(18-20-37)23-26-7-2-1-3-8-26/h1-3,6-10,13-16,21-22,30-31H,4-5,11-12,17-20,23-24H2/b32-22+. The highest BCUT2D eigenvalue weighted by molar-refractivity contribution is 8.04. The SMILES string of the molecule is O=C(c1ccc(/C=C2/SC3CCCCC3N(Cc3cccc(Cl)c3)C2=O)cc1)N1CCN(Cc2ccccc2)CC1.